The molecule has 0 saturated heterocycles. The SMILES string of the molecule is COC(=O)C1=C(C(=O)OC)N(c2ccccc2-c2nnc(N)o2)COC1. The lowest BCUT2D eigenvalue weighted by molar-refractivity contribution is -0.140. The first-order chi connectivity index (χ1) is 12.6. The molecule has 10 nitrogen and oxygen atoms in total. The Hall–Kier alpha value is -3.40. The van der Waals surface area contributed by atoms with Gasteiger partial charge in [0.15, 0.2) is 0 Å². The Morgan fingerprint density at radius 1 is 1.15 bits per heavy atom. The summed E-state index contributed by atoms with van der Waals surface area (Å²) in [4.78, 5) is 25.9. The zero-order chi connectivity index (χ0) is 18.7. The van der Waals surface area contributed by atoms with Crippen molar-refractivity contribution in [1.29, 1.82) is 0 Å². The molecular formula is C16H16N4O6. The number of anilines is 2. The van der Waals surface area contributed by atoms with Gasteiger partial charge >= 0.3 is 18.0 Å². The van der Waals surface area contributed by atoms with E-state index in [1.54, 1.807) is 24.3 Å². The average Bonchev–Trinajstić information content (AvgIpc) is 3.12. The van der Waals surface area contributed by atoms with Gasteiger partial charge in [-0.1, -0.05) is 17.2 Å². The second kappa shape index (κ2) is 7.23. The number of hydrogen-bond donors (Lipinski definition) is 1. The number of nitrogens with zero attached hydrogens (tertiary/aromatic N) is 3. The summed E-state index contributed by atoms with van der Waals surface area (Å²) in [7, 11) is 2.45. The zero-order valence-corrected chi connectivity index (χ0v) is 14.1. The lowest BCUT2D eigenvalue weighted by Gasteiger charge is -2.32. The van der Waals surface area contributed by atoms with Crippen molar-refractivity contribution in [3.63, 3.8) is 0 Å². The number of methoxy groups -OCH3 is 2. The number of nitrogen functional groups attached to an aromatic ring is 1. The Bertz CT molecular complexity index is 875. The minimum Gasteiger partial charge on any atom is -0.466 e. The Morgan fingerprint density at radius 3 is 2.54 bits per heavy atom. The van der Waals surface area contributed by atoms with Gasteiger partial charge in [-0.25, -0.2) is 9.59 Å². The average molecular weight is 360 g/mol. The van der Waals surface area contributed by atoms with Gasteiger partial charge in [0.25, 0.3) is 5.89 Å². The van der Waals surface area contributed by atoms with Gasteiger partial charge in [-0.15, -0.1) is 5.10 Å². The Balaban J connectivity index is 2.16. The van der Waals surface area contributed by atoms with Crippen molar-refractivity contribution in [2.45, 2.75) is 0 Å². The van der Waals surface area contributed by atoms with E-state index in [0.29, 0.717) is 11.3 Å². The number of carbonyl (C=O) groups excluding carboxylic acids is 2. The van der Waals surface area contributed by atoms with Crippen molar-refractivity contribution in [3.8, 4) is 11.5 Å². The molecule has 0 bridgehead atoms. The fourth-order valence-corrected chi connectivity index (χ4v) is 2.57. The topological polar surface area (TPSA) is 130 Å². The quantitative estimate of drug-likeness (QED) is 0.778. The first-order valence-corrected chi connectivity index (χ1v) is 7.50. The molecule has 2 aromatic rings. The van der Waals surface area contributed by atoms with Crippen LogP contribution in [0, 0.1) is 0 Å². The Morgan fingerprint density at radius 2 is 1.88 bits per heavy atom. The fraction of sp³-hybridized carbons (Fsp3) is 0.250. The number of ether oxygens (including phenoxy) is 3. The summed E-state index contributed by atoms with van der Waals surface area (Å²) in [6.07, 6.45) is 0. The summed E-state index contributed by atoms with van der Waals surface area (Å²) in [6.45, 7) is -0.0746. The second-order valence-electron chi connectivity index (χ2n) is 5.18. The molecule has 0 atom stereocenters. The van der Waals surface area contributed by atoms with Gasteiger partial charge in [-0.3, -0.25) is 0 Å². The van der Waals surface area contributed by atoms with Crippen molar-refractivity contribution in [3.05, 3.63) is 35.5 Å². The lowest BCUT2D eigenvalue weighted by atomic mass is 10.1. The Labute approximate surface area is 148 Å². The summed E-state index contributed by atoms with van der Waals surface area (Å²) in [5, 5.41) is 7.51. The number of carbonyl (C=O) groups is 2. The number of benzene rings is 1. The molecule has 0 fully saturated rings. The molecule has 1 aromatic carbocycles. The van der Waals surface area contributed by atoms with Crippen LogP contribution in [0.2, 0.25) is 0 Å². The number of hydrogen-bond acceptors (Lipinski definition) is 10. The van der Waals surface area contributed by atoms with E-state index in [2.05, 4.69) is 10.2 Å². The third-order valence-electron chi connectivity index (χ3n) is 3.70. The van der Waals surface area contributed by atoms with Crippen molar-refractivity contribution in [1.82, 2.24) is 10.2 Å². The van der Waals surface area contributed by atoms with Crippen LogP contribution >= 0.6 is 0 Å². The van der Waals surface area contributed by atoms with E-state index >= 15 is 0 Å². The molecule has 136 valence electrons. The minimum atomic E-state index is -0.700. The van der Waals surface area contributed by atoms with Gasteiger partial charge in [0.05, 0.1) is 37.7 Å². The van der Waals surface area contributed by atoms with E-state index in [9.17, 15) is 9.59 Å². The van der Waals surface area contributed by atoms with Crippen LogP contribution in [-0.4, -0.2) is 49.7 Å². The molecule has 0 spiro atoms. The van der Waals surface area contributed by atoms with Crippen molar-refractivity contribution >= 4 is 23.6 Å². The van der Waals surface area contributed by atoms with Crippen molar-refractivity contribution < 1.29 is 28.2 Å². The van der Waals surface area contributed by atoms with E-state index in [4.69, 9.17) is 24.4 Å². The summed E-state index contributed by atoms with van der Waals surface area (Å²) < 4.78 is 20.3. The minimum absolute atomic E-state index is 0.00552. The standard InChI is InChI=1S/C16H16N4O6/c1-23-14(21)10-7-25-8-20(12(10)15(22)24-2)11-6-4-3-5-9(11)13-18-19-16(17)26-13/h3-6H,7-8H2,1-2H3,(H2,17,19). The van der Waals surface area contributed by atoms with Crippen LogP contribution in [-0.2, 0) is 23.8 Å². The van der Waals surface area contributed by atoms with Crippen LogP contribution in [0.3, 0.4) is 0 Å². The number of para-hydroxylation sites is 1. The van der Waals surface area contributed by atoms with Gasteiger partial charge in [-0.05, 0) is 12.1 Å². The third-order valence-corrected chi connectivity index (χ3v) is 3.70. The molecule has 26 heavy (non-hydrogen) atoms. The molecule has 10 heteroatoms. The fourth-order valence-electron chi connectivity index (χ4n) is 2.57. The monoisotopic (exact) mass is 360 g/mol. The molecule has 2 N–H and O–H groups in total. The molecule has 2 heterocycles. The maximum absolute atomic E-state index is 12.4. The van der Waals surface area contributed by atoms with Crippen molar-refractivity contribution in [2.24, 2.45) is 0 Å². The number of esters is 2. The van der Waals surface area contributed by atoms with E-state index in [1.807, 2.05) is 0 Å². The Kier molecular flexibility index (Phi) is 4.85. The predicted molar refractivity (Wildman–Crippen MR) is 88.5 cm³/mol. The van der Waals surface area contributed by atoms with E-state index < -0.39 is 11.9 Å². The largest absolute Gasteiger partial charge is 0.466 e. The highest BCUT2D eigenvalue weighted by Crippen LogP contribution is 2.34. The first-order valence-electron chi connectivity index (χ1n) is 7.50. The molecule has 0 amide bonds. The van der Waals surface area contributed by atoms with Crippen LogP contribution in [0.25, 0.3) is 11.5 Å². The number of aromatic nitrogens is 2. The third kappa shape index (κ3) is 3.09. The summed E-state index contributed by atoms with van der Waals surface area (Å²) in [5.41, 5.74) is 6.57. The highest BCUT2D eigenvalue weighted by Gasteiger charge is 2.33. The van der Waals surface area contributed by atoms with E-state index in [1.165, 1.54) is 19.1 Å². The molecule has 3 rings (SSSR count). The van der Waals surface area contributed by atoms with Gasteiger partial charge in [0, 0.05) is 0 Å². The number of rotatable bonds is 4. The molecular weight excluding hydrogens is 344 g/mol. The summed E-state index contributed by atoms with van der Waals surface area (Å²) in [6, 6.07) is 6.84. The molecule has 1 aromatic heterocycles. The number of nitrogens with two attached hydrogens (primary N) is 1. The molecule has 0 unspecified atom stereocenters. The van der Waals surface area contributed by atoms with E-state index in [-0.39, 0.29) is 36.5 Å². The van der Waals surface area contributed by atoms with Crippen LogP contribution in [0.5, 0.6) is 0 Å². The molecule has 0 radical (unpaired) electrons. The lowest BCUT2D eigenvalue weighted by Crippen LogP contribution is -2.39. The van der Waals surface area contributed by atoms with Gasteiger partial charge < -0.3 is 29.3 Å². The predicted octanol–water partition coefficient (Wildman–Crippen LogP) is 0.713. The van der Waals surface area contributed by atoms with Gasteiger partial charge in [-0.2, -0.15) is 0 Å². The molecule has 1 aliphatic heterocycles. The maximum Gasteiger partial charge on any atom is 0.355 e. The molecule has 0 saturated carbocycles. The highest BCUT2D eigenvalue weighted by atomic mass is 16.5. The van der Waals surface area contributed by atoms with Gasteiger partial charge in [0.1, 0.15) is 12.4 Å². The van der Waals surface area contributed by atoms with Crippen LogP contribution < -0.4 is 10.6 Å². The smallest absolute Gasteiger partial charge is 0.355 e. The van der Waals surface area contributed by atoms with E-state index in [0.717, 1.165) is 0 Å². The summed E-state index contributed by atoms with van der Waals surface area (Å²) in [5.74, 6) is -1.23. The molecule has 1 aliphatic rings. The van der Waals surface area contributed by atoms with Crippen LogP contribution in [0.15, 0.2) is 40.0 Å². The van der Waals surface area contributed by atoms with Gasteiger partial charge in [0.2, 0.25) is 0 Å². The summed E-state index contributed by atoms with van der Waals surface area (Å²) >= 11 is 0. The van der Waals surface area contributed by atoms with Crippen LogP contribution in [0.1, 0.15) is 0 Å². The maximum atomic E-state index is 12.4. The molecule has 0 aliphatic carbocycles. The zero-order valence-electron chi connectivity index (χ0n) is 14.1. The second-order valence-corrected chi connectivity index (χ2v) is 5.18. The van der Waals surface area contributed by atoms with Crippen LogP contribution in [0.4, 0.5) is 11.7 Å². The first kappa shape index (κ1) is 17.4. The van der Waals surface area contributed by atoms with Crippen molar-refractivity contribution in [2.75, 3.05) is 38.2 Å². The normalized spacial score (nSPS) is 14.3. The highest BCUT2D eigenvalue weighted by molar-refractivity contribution is 6.04.